The van der Waals surface area contributed by atoms with Crippen molar-refractivity contribution < 1.29 is 13.5 Å². The summed E-state index contributed by atoms with van der Waals surface area (Å²) in [6.45, 7) is 7.77. The number of hydrogen-bond donors (Lipinski definition) is 1. The van der Waals surface area contributed by atoms with Gasteiger partial charge in [-0.3, -0.25) is 0 Å². The van der Waals surface area contributed by atoms with E-state index in [4.69, 9.17) is 4.74 Å². The lowest BCUT2D eigenvalue weighted by Crippen LogP contribution is -2.38. The molecule has 0 saturated heterocycles. The maximum Gasteiger partial charge on any atom is 0.128 e. The molecule has 0 fully saturated rings. The normalized spacial score (nSPS) is 13.7. The van der Waals surface area contributed by atoms with Crippen molar-refractivity contribution in [2.75, 3.05) is 13.7 Å². The van der Waals surface area contributed by atoms with Crippen molar-refractivity contribution in [3.05, 3.63) is 34.9 Å². The molecule has 2 nitrogen and oxygen atoms in total. The maximum atomic E-state index is 13.7. The van der Waals surface area contributed by atoms with E-state index in [-0.39, 0.29) is 23.3 Å². The zero-order valence-electron chi connectivity index (χ0n) is 11.6. The van der Waals surface area contributed by atoms with Gasteiger partial charge < -0.3 is 10.1 Å². The average molecular weight is 257 g/mol. The Bertz CT molecular complexity index is 419. The minimum absolute atomic E-state index is 0.269. The fourth-order valence-corrected chi connectivity index (χ4v) is 1.57. The number of hydrogen-bond acceptors (Lipinski definition) is 2. The van der Waals surface area contributed by atoms with E-state index in [2.05, 4.69) is 5.32 Å². The van der Waals surface area contributed by atoms with Crippen molar-refractivity contribution in [3.8, 4) is 0 Å². The lowest BCUT2D eigenvalue weighted by atomic mass is 10.0. The highest BCUT2D eigenvalue weighted by Crippen LogP contribution is 2.21. The number of halogens is 2. The molecule has 4 heteroatoms. The largest absolute Gasteiger partial charge is 0.377 e. The van der Waals surface area contributed by atoms with E-state index in [9.17, 15) is 8.78 Å². The Kier molecular flexibility index (Phi) is 4.82. The number of methoxy groups -OCH3 is 1. The van der Waals surface area contributed by atoms with Crippen LogP contribution in [0.1, 0.15) is 37.9 Å². The molecule has 0 heterocycles. The molecule has 0 amide bonds. The number of rotatable bonds is 5. The third kappa shape index (κ3) is 3.75. The molecule has 1 aromatic carbocycles. The first-order valence-electron chi connectivity index (χ1n) is 6.01. The van der Waals surface area contributed by atoms with Gasteiger partial charge in [0.2, 0.25) is 0 Å². The minimum atomic E-state index is -0.385. The van der Waals surface area contributed by atoms with Gasteiger partial charge in [-0.2, -0.15) is 0 Å². The van der Waals surface area contributed by atoms with Crippen molar-refractivity contribution in [2.24, 2.45) is 0 Å². The van der Waals surface area contributed by atoms with Crippen LogP contribution in [0, 0.1) is 18.6 Å². The first kappa shape index (κ1) is 15.1. The highest BCUT2D eigenvalue weighted by atomic mass is 19.1. The smallest absolute Gasteiger partial charge is 0.128 e. The Morgan fingerprint density at radius 3 is 2.44 bits per heavy atom. The van der Waals surface area contributed by atoms with Gasteiger partial charge in [0.25, 0.3) is 0 Å². The van der Waals surface area contributed by atoms with Crippen molar-refractivity contribution in [3.63, 3.8) is 0 Å². The molecule has 1 rings (SSSR count). The van der Waals surface area contributed by atoms with E-state index in [1.165, 1.54) is 12.1 Å². The molecular weight excluding hydrogens is 236 g/mol. The number of ether oxygens (including phenoxy) is 1. The van der Waals surface area contributed by atoms with Gasteiger partial charge in [-0.05, 0) is 45.4 Å². The summed E-state index contributed by atoms with van der Waals surface area (Å²) in [5.41, 5.74) is 0.319. The highest BCUT2D eigenvalue weighted by Gasteiger charge is 2.19. The molecule has 0 aliphatic carbocycles. The molecule has 1 N–H and O–H groups in total. The van der Waals surface area contributed by atoms with Crippen LogP contribution in [0.4, 0.5) is 8.78 Å². The van der Waals surface area contributed by atoms with E-state index in [1.807, 2.05) is 13.8 Å². The lowest BCUT2D eigenvalue weighted by molar-refractivity contribution is 0.0213. The van der Waals surface area contributed by atoms with Gasteiger partial charge in [-0.1, -0.05) is 0 Å². The van der Waals surface area contributed by atoms with Gasteiger partial charge in [0, 0.05) is 25.3 Å². The predicted molar refractivity (Wildman–Crippen MR) is 68.6 cm³/mol. The van der Waals surface area contributed by atoms with E-state index in [1.54, 1.807) is 21.0 Å². The van der Waals surface area contributed by atoms with Gasteiger partial charge in [-0.25, -0.2) is 8.78 Å². The lowest BCUT2D eigenvalue weighted by Gasteiger charge is -2.26. The van der Waals surface area contributed by atoms with Gasteiger partial charge in [0.15, 0.2) is 0 Å². The van der Waals surface area contributed by atoms with Gasteiger partial charge in [0.05, 0.1) is 5.60 Å². The first-order chi connectivity index (χ1) is 8.26. The van der Waals surface area contributed by atoms with Gasteiger partial charge >= 0.3 is 0 Å². The fourth-order valence-electron chi connectivity index (χ4n) is 1.57. The molecule has 0 aliphatic rings. The molecule has 0 aromatic heterocycles. The van der Waals surface area contributed by atoms with E-state index in [0.29, 0.717) is 17.7 Å². The summed E-state index contributed by atoms with van der Waals surface area (Å²) < 4.78 is 32.5. The van der Waals surface area contributed by atoms with E-state index < -0.39 is 0 Å². The fraction of sp³-hybridized carbons (Fsp3) is 0.571. The Labute approximate surface area is 107 Å². The molecule has 18 heavy (non-hydrogen) atoms. The molecule has 0 spiro atoms. The average Bonchev–Trinajstić information content (AvgIpc) is 2.31. The summed E-state index contributed by atoms with van der Waals surface area (Å²) in [6, 6.07) is 2.21. The number of aryl methyl sites for hydroxylation is 1. The second-order valence-corrected chi connectivity index (χ2v) is 5.19. The topological polar surface area (TPSA) is 21.3 Å². The van der Waals surface area contributed by atoms with Gasteiger partial charge in [0.1, 0.15) is 11.6 Å². The van der Waals surface area contributed by atoms with Crippen LogP contribution in [-0.2, 0) is 4.74 Å². The van der Waals surface area contributed by atoms with E-state index in [0.717, 1.165) is 0 Å². The molecule has 0 saturated carbocycles. The molecule has 102 valence electrons. The standard InChI is InChI=1S/C14H21F2NO/c1-9-6-13(16)11(7-12(9)15)10(2)17-8-14(3,4)18-5/h6-7,10,17H,8H2,1-5H3. The Morgan fingerprint density at radius 1 is 1.28 bits per heavy atom. The summed E-state index contributed by atoms with van der Waals surface area (Å²) in [4.78, 5) is 0. The molecular formula is C14H21F2NO. The number of benzene rings is 1. The van der Waals surface area contributed by atoms with Crippen LogP contribution in [-0.4, -0.2) is 19.3 Å². The van der Waals surface area contributed by atoms with Crippen molar-refractivity contribution in [2.45, 2.75) is 39.3 Å². The second kappa shape index (κ2) is 5.76. The van der Waals surface area contributed by atoms with Crippen LogP contribution >= 0.6 is 0 Å². The zero-order chi connectivity index (χ0) is 13.9. The van der Waals surface area contributed by atoms with Crippen molar-refractivity contribution >= 4 is 0 Å². The predicted octanol–water partition coefficient (Wildman–Crippen LogP) is 3.35. The molecule has 0 bridgehead atoms. The highest BCUT2D eigenvalue weighted by molar-refractivity contribution is 5.27. The van der Waals surface area contributed by atoms with Crippen molar-refractivity contribution in [1.82, 2.24) is 5.32 Å². The van der Waals surface area contributed by atoms with Gasteiger partial charge in [-0.15, -0.1) is 0 Å². The first-order valence-corrected chi connectivity index (χ1v) is 6.01. The quantitative estimate of drug-likeness (QED) is 0.873. The van der Waals surface area contributed by atoms with Crippen LogP contribution in [0.25, 0.3) is 0 Å². The third-order valence-corrected chi connectivity index (χ3v) is 3.13. The third-order valence-electron chi connectivity index (χ3n) is 3.13. The molecule has 1 unspecified atom stereocenters. The van der Waals surface area contributed by atoms with Crippen LogP contribution in [0.3, 0.4) is 0 Å². The summed E-state index contributed by atoms with van der Waals surface area (Å²) in [6.07, 6.45) is 0. The minimum Gasteiger partial charge on any atom is -0.377 e. The van der Waals surface area contributed by atoms with Crippen LogP contribution in [0.2, 0.25) is 0 Å². The molecule has 1 aromatic rings. The number of nitrogens with one attached hydrogen (secondary N) is 1. The monoisotopic (exact) mass is 257 g/mol. The summed E-state index contributed by atoms with van der Waals surface area (Å²) in [5, 5.41) is 3.15. The van der Waals surface area contributed by atoms with Crippen LogP contribution in [0.15, 0.2) is 12.1 Å². The van der Waals surface area contributed by atoms with Crippen molar-refractivity contribution in [1.29, 1.82) is 0 Å². The van der Waals surface area contributed by atoms with E-state index >= 15 is 0 Å². The molecule has 0 aliphatic heterocycles. The molecule has 1 atom stereocenters. The second-order valence-electron chi connectivity index (χ2n) is 5.19. The SMILES string of the molecule is COC(C)(C)CNC(C)c1cc(F)c(C)cc1F. The van der Waals surface area contributed by atoms with Crippen LogP contribution < -0.4 is 5.32 Å². The molecule has 0 radical (unpaired) electrons. The Morgan fingerprint density at radius 2 is 1.89 bits per heavy atom. The summed E-state index contributed by atoms with van der Waals surface area (Å²) in [7, 11) is 1.62. The van der Waals surface area contributed by atoms with Crippen LogP contribution in [0.5, 0.6) is 0 Å². The summed E-state index contributed by atoms with van der Waals surface area (Å²) in [5.74, 6) is -0.768. The Balaban J connectivity index is 2.79. The maximum absolute atomic E-state index is 13.7. The zero-order valence-corrected chi connectivity index (χ0v) is 11.6. The summed E-state index contributed by atoms with van der Waals surface area (Å²) >= 11 is 0. The Hall–Kier alpha value is -1.00.